The molecule has 2 heterocycles. The molecule has 0 bridgehead atoms. The van der Waals surface area contributed by atoms with E-state index in [-0.39, 0.29) is 24.7 Å². The third kappa shape index (κ3) is 6.10. The second-order valence-corrected chi connectivity index (χ2v) is 8.15. The van der Waals surface area contributed by atoms with Gasteiger partial charge in [-0.1, -0.05) is 48.6 Å². The van der Waals surface area contributed by atoms with Crippen molar-refractivity contribution in [1.82, 2.24) is 15.1 Å². The number of hydrogen-bond acceptors (Lipinski definition) is 5. The van der Waals surface area contributed by atoms with E-state index in [1.165, 1.54) is 21.8 Å². The highest BCUT2D eigenvalue weighted by Crippen LogP contribution is 2.16. The van der Waals surface area contributed by atoms with Gasteiger partial charge < -0.3 is 15.1 Å². The lowest BCUT2D eigenvalue weighted by atomic mass is 10.2. The Labute approximate surface area is 169 Å². The molecule has 1 saturated heterocycles. The summed E-state index contributed by atoms with van der Waals surface area (Å²) >= 11 is 1.40. The van der Waals surface area contributed by atoms with Gasteiger partial charge in [0.2, 0.25) is 16.9 Å². The van der Waals surface area contributed by atoms with Gasteiger partial charge in [0, 0.05) is 24.8 Å². The third-order valence-corrected chi connectivity index (χ3v) is 5.76. The lowest BCUT2D eigenvalue weighted by Crippen LogP contribution is -3.13. The smallest absolute Gasteiger partial charge is 0.226 e. The summed E-state index contributed by atoms with van der Waals surface area (Å²) in [6.45, 7) is 6.45. The van der Waals surface area contributed by atoms with E-state index in [1.54, 1.807) is 0 Å². The van der Waals surface area contributed by atoms with Crippen LogP contribution >= 0.6 is 11.3 Å². The molecule has 8 heteroatoms. The lowest BCUT2D eigenvalue weighted by molar-refractivity contribution is -0.917. The molecule has 1 aromatic heterocycles. The van der Waals surface area contributed by atoms with Crippen LogP contribution in [0, 0.1) is 0 Å². The zero-order valence-electron chi connectivity index (χ0n) is 16.3. The summed E-state index contributed by atoms with van der Waals surface area (Å²) in [6, 6.07) is 10.4. The Kier molecular flexibility index (Phi) is 7.50. The van der Waals surface area contributed by atoms with Crippen molar-refractivity contribution in [3.63, 3.8) is 0 Å². The zero-order valence-corrected chi connectivity index (χ0v) is 17.1. The minimum absolute atomic E-state index is 0.0536. The second kappa shape index (κ2) is 10.3. The molecule has 0 atom stereocenters. The number of nitrogens with one attached hydrogen (secondary N) is 2. The maximum Gasteiger partial charge on any atom is 0.226 e. The van der Waals surface area contributed by atoms with Crippen molar-refractivity contribution < 1.29 is 14.5 Å². The maximum absolute atomic E-state index is 12.4. The van der Waals surface area contributed by atoms with E-state index in [0.29, 0.717) is 5.13 Å². The fourth-order valence-electron chi connectivity index (χ4n) is 3.31. The average Bonchev–Trinajstić information content (AvgIpc) is 3.14. The molecule has 0 spiro atoms. The first-order chi connectivity index (χ1) is 13.6. The molecule has 28 heavy (non-hydrogen) atoms. The average molecular weight is 403 g/mol. The van der Waals surface area contributed by atoms with Gasteiger partial charge in [-0.3, -0.25) is 9.59 Å². The van der Waals surface area contributed by atoms with Crippen molar-refractivity contribution >= 4 is 28.3 Å². The van der Waals surface area contributed by atoms with Gasteiger partial charge in [-0.2, -0.15) is 0 Å². The van der Waals surface area contributed by atoms with Crippen LogP contribution < -0.4 is 10.2 Å². The number of carbonyl (C=O) groups excluding carboxylic acids is 2. The molecule has 1 aliphatic rings. The summed E-state index contributed by atoms with van der Waals surface area (Å²) < 4.78 is 0. The molecule has 2 N–H and O–H groups in total. The Bertz CT molecular complexity index is 772. The van der Waals surface area contributed by atoms with Crippen LogP contribution in [0.15, 0.2) is 30.3 Å². The highest BCUT2D eigenvalue weighted by atomic mass is 32.1. The minimum Gasteiger partial charge on any atom is -0.331 e. The zero-order chi connectivity index (χ0) is 19.8. The highest BCUT2D eigenvalue weighted by Gasteiger charge is 2.24. The largest absolute Gasteiger partial charge is 0.331 e. The third-order valence-electron chi connectivity index (χ3n) is 4.86. The summed E-state index contributed by atoms with van der Waals surface area (Å²) in [7, 11) is 0. The molecule has 0 unspecified atom stereocenters. The standard InChI is InChI=1S/C20H27N5O2S/c1-2-6-18-22-23-20(28-18)21-17(26)9-10-19(27)25-13-11-24(12-14-25)15-16-7-4-3-5-8-16/h3-5,7-8H,2,6,9-15H2,1H3,(H,21,23,26)/p+1. The van der Waals surface area contributed by atoms with Gasteiger partial charge in [-0.15, -0.1) is 10.2 Å². The summed E-state index contributed by atoms with van der Waals surface area (Å²) in [4.78, 5) is 27.9. The second-order valence-electron chi connectivity index (χ2n) is 7.09. The Balaban J connectivity index is 1.36. The number of nitrogens with zero attached hydrogens (tertiary/aromatic N) is 3. The Morgan fingerprint density at radius 1 is 1.14 bits per heavy atom. The van der Waals surface area contributed by atoms with Gasteiger partial charge in [0.1, 0.15) is 11.6 Å². The number of quaternary nitrogens is 1. The first-order valence-corrected chi connectivity index (χ1v) is 10.7. The quantitative estimate of drug-likeness (QED) is 0.694. The molecule has 7 nitrogen and oxygen atoms in total. The summed E-state index contributed by atoms with van der Waals surface area (Å²) in [5, 5.41) is 12.2. The molecule has 1 fully saturated rings. The number of rotatable bonds is 8. The number of aromatic nitrogens is 2. The first-order valence-electron chi connectivity index (χ1n) is 9.91. The van der Waals surface area contributed by atoms with E-state index >= 15 is 0 Å². The monoisotopic (exact) mass is 402 g/mol. The van der Waals surface area contributed by atoms with Crippen molar-refractivity contribution in [3.05, 3.63) is 40.9 Å². The number of carbonyl (C=O) groups is 2. The number of anilines is 1. The van der Waals surface area contributed by atoms with E-state index in [9.17, 15) is 9.59 Å². The number of hydrogen-bond donors (Lipinski definition) is 2. The molecular weight excluding hydrogens is 374 g/mol. The van der Waals surface area contributed by atoms with Crippen molar-refractivity contribution in [3.8, 4) is 0 Å². The molecule has 1 aliphatic heterocycles. The van der Waals surface area contributed by atoms with E-state index in [4.69, 9.17) is 0 Å². The van der Waals surface area contributed by atoms with E-state index in [2.05, 4.69) is 46.7 Å². The van der Waals surface area contributed by atoms with Gasteiger partial charge in [0.25, 0.3) is 0 Å². The Morgan fingerprint density at radius 3 is 2.61 bits per heavy atom. The van der Waals surface area contributed by atoms with Crippen LogP contribution in [0.5, 0.6) is 0 Å². The molecule has 1 aromatic carbocycles. The molecule has 0 saturated carbocycles. The van der Waals surface area contributed by atoms with E-state index < -0.39 is 0 Å². The first kappa shape index (κ1) is 20.4. The van der Waals surface area contributed by atoms with Crippen molar-refractivity contribution in [2.45, 2.75) is 39.2 Å². The summed E-state index contributed by atoms with van der Waals surface area (Å²) in [5.41, 5.74) is 1.33. The topological polar surface area (TPSA) is 79.6 Å². The Morgan fingerprint density at radius 2 is 1.89 bits per heavy atom. The van der Waals surface area contributed by atoms with E-state index in [0.717, 1.165) is 50.6 Å². The van der Waals surface area contributed by atoms with Crippen LogP contribution in [-0.2, 0) is 22.6 Å². The van der Waals surface area contributed by atoms with Crippen LogP contribution in [0.2, 0.25) is 0 Å². The van der Waals surface area contributed by atoms with Crippen LogP contribution in [0.25, 0.3) is 0 Å². The predicted molar refractivity (Wildman–Crippen MR) is 109 cm³/mol. The van der Waals surface area contributed by atoms with Gasteiger partial charge in [0.15, 0.2) is 0 Å². The molecular formula is C20H28N5O2S+. The summed E-state index contributed by atoms with van der Waals surface area (Å²) in [5.74, 6) is -0.126. The molecule has 3 rings (SSSR count). The molecule has 0 radical (unpaired) electrons. The molecule has 2 aromatic rings. The summed E-state index contributed by atoms with van der Waals surface area (Å²) in [6.07, 6.45) is 2.28. The molecule has 2 amide bonds. The number of aryl methyl sites for hydroxylation is 1. The molecule has 0 aliphatic carbocycles. The lowest BCUT2D eigenvalue weighted by Gasteiger charge is -2.32. The predicted octanol–water partition coefficient (Wildman–Crippen LogP) is 1.14. The van der Waals surface area contributed by atoms with E-state index in [1.807, 2.05) is 11.0 Å². The number of amides is 2. The van der Waals surface area contributed by atoms with Crippen molar-refractivity contribution in [2.24, 2.45) is 0 Å². The minimum atomic E-state index is -0.180. The van der Waals surface area contributed by atoms with Crippen LogP contribution in [-0.4, -0.2) is 53.1 Å². The van der Waals surface area contributed by atoms with Crippen LogP contribution in [0.3, 0.4) is 0 Å². The van der Waals surface area contributed by atoms with Crippen molar-refractivity contribution in [1.29, 1.82) is 0 Å². The fraction of sp³-hybridized carbons (Fsp3) is 0.500. The molecule has 150 valence electrons. The highest BCUT2D eigenvalue weighted by molar-refractivity contribution is 7.15. The SMILES string of the molecule is CCCc1nnc(NC(=O)CCC(=O)N2CC[NH+](Cc3ccccc3)CC2)s1. The Hall–Kier alpha value is -2.32. The number of piperazine rings is 1. The van der Waals surface area contributed by atoms with Gasteiger partial charge in [-0.25, -0.2) is 0 Å². The fourth-order valence-corrected chi connectivity index (χ4v) is 4.17. The van der Waals surface area contributed by atoms with Crippen LogP contribution in [0.4, 0.5) is 5.13 Å². The van der Waals surface area contributed by atoms with Crippen molar-refractivity contribution in [2.75, 3.05) is 31.5 Å². The van der Waals surface area contributed by atoms with Crippen LogP contribution in [0.1, 0.15) is 36.8 Å². The van der Waals surface area contributed by atoms with Gasteiger partial charge >= 0.3 is 0 Å². The maximum atomic E-state index is 12.4. The normalized spacial score (nSPS) is 14.8. The van der Waals surface area contributed by atoms with Gasteiger partial charge in [-0.05, 0) is 6.42 Å². The number of benzene rings is 1. The van der Waals surface area contributed by atoms with Gasteiger partial charge in [0.05, 0.1) is 26.2 Å².